The van der Waals surface area contributed by atoms with Crippen molar-refractivity contribution in [2.45, 2.75) is 31.8 Å². The first-order valence-electron chi connectivity index (χ1n) is 5.85. The van der Waals surface area contributed by atoms with Crippen LogP contribution in [-0.4, -0.2) is 28.6 Å². The topological polar surface area (TPSA) is 40.5 Å². The summed E-state index contributed by atoms with van der Waals surface area (Å²) in [6, 6.07) is 8.40. The quantitative estimate of drug-likeness (QED) is 0.929. The van der Waals surface area contributed by atoms with E-state index in [2.05, 4.69) is 33.0 Å². The maximum Gasteiger partial charge on any atom is 0.304 e. The van der Waals surface area contributed by atoms with Crippen LogP contribution >= 0.6 is 15.9 Å². The molecule has 0 spiro atoms. The van der Waals surface area contributed by atoms with E-state index in [0.717, 1.165) is 30.4 Å². The van der Waals surface area contributed by atoms with Gasteiger partial charge in [0.1, 0.15) is 0 Å². The van der Waals surface area contributed by atoms with Crippen LogP contribution < -0.4 is 0 Å². The van der Waals surface area contributed by atoms with Crippen molar-refractivity contribution in [2.75, 3.05) is 6.54 Å². The first-order valence-corrected chi connectivity index (χ1v) is 6.65. The zero-order valence-corrected chi connectivity index (χ0v) is 11.2. The molecule has 92 valence electrons. The lowest BCUT2D eigenvalue weighted by molar-refractivity contribution is -0.138. The van der Waals surface area contributed by atoms with Crippen molar-refractivity contribution in [3.63, 3.8) is 0 Å². The summed E-state index contributed by atoms with van der Waals surface area (Å²) in [6.45, 7) is 1.85. The fraction of sp³-hybridized carbons (Fsp3) is 0.462. The molecule has 0 amide bonds. The van der Waals surface area contributed by atoms with Crippen molar-refractivity contribution in [1.29, 1.82) is 0 Å². The molecule has 0 radical (unpaired) electrons. The van der Waals surface area contributed by atoms with Crippen molar-refractivity contribution in [3.8, 4) is 0 Å². The van der Waals surface area contributed by atoms with Crippen molar-refractivity contribution in [1.82, 2.24) is 4.90 Å². The average molecular weight is 298 g/mol. The summed E-state index contributed by atoms with van der Waals surface area (Å²) < 4.78 is 1.07. The second-order valence-electron chi connectivity index (χ2n) is 4.49. The number of aliphatic carboxylic acids is 1. The number of carboxylic acids is 1. The molecule has 1 saturated heterocycles. The van der Waals surface area contributed by atoms with Crippen LogP contribution in [0.2, 0.25) is 0 Å². The summed E-state index contributed by atoms with van der Waals surface area (Å²) in [5.41, 5.74) is 1.23. The SMILES string of the molecule is O=C(O)CC1CCCN1Cc1cccc(Br)c1. The first-order chi connectivity index (χ1) is 8.15. The normalized spacial score (nSPS) is 20.6. The fourth-order valence-electron chi connectivity index (χ4n) is 2.41. The van der Waals surface area contributed by atoms with Gasteiger partial charge in [-0.15, -0.1) is 0 Å². The Morgan fingerprint density at radius 2 is 2.35 bits per heavy atom. The smallest absolute Gasteiger partial charge is 0.304 e. The molecule has 0 bridgehead atoms. The summed E-state index contributed by atoms with van der Waals surface area (Å²) in [5.74, 6) is -0.698. The van der Waals surface area contributed by atoms with E-state index < -0.39 is 5.97 Å². The number of hydrogen-bond donors (Lipinski definition) is 1. The minimum atomic E-state index is -0.698. The minimum Gasteiger partial charge on any atom is -0.481 e. The summed E-state index contributed by atoms with van der Waals surface area (Å²) in [4.78, 5) is 13.0. The van der Waals surface area contributed by atoms with Crippen LogP contribution in [0.25, 0.3) is 0 Å². The van der Waals surface area contributed by atoms with Crippen LogP contribution in [0.4, 0.5) is 0 Å². The maximum absolute atomic E-state index is 10.8. The predicted molar refractivity (Wildman–Crippen MR) is 69.8 cm³/mol. The van der Waals surface area contributed by atoms with Crippen LogP contribution in [-0.2, 0) is 11.3 Å². The molecule has 1 fully saturated rings. The summed E-state index contributed by atoms with van der Waals surface area (Å²) in [6.07, 6.45) is 2.36. The van der Waals surface area contributed by atoms with Gasteiger partial charge in [0.15, 0.2) is 0 Å². The Hall–Kier alpha value is -0.870. The number of carbonyl (C=O) groups is 1. The number of nitrogens with zero attached hydrogens (tertiary/aromatic N) is 1. The standard InChI is InChI=1S/C13H16BrNO2/c14-11-4-1-3-10(7-11)9-15-6-2-5-12(15)8-13(16)17/h1,3-4,7,12H,2,5-6,8-9H2,(H,16,17). The van der Waals surface area contributed by atoms with E-state index in [9.17, 15) is 4.79 Å². The minimum absolute atomic E-state index is 0.200. The highest BCUT2D eigenvalue weighted by atomic mass is 79.9. The van der Waals surface area contributed by atoms with E-state index in [-0.39, 0.29) is 12.5 Å². The van der Waals surface area contributed by atoms with Gasteiger partial charge in [0.25, 0.3) is 0 Å². The van der Waals surface area contributed by atoms with Gasteiger partial charge < -0.3 is 5.11 Å². The van der Waals surface area contributed by atoms with Gasteiger partial charge >= 0.3 is 5.97 Å². The molecular weight excluding hydrogens is 282 g/mol. The van der Waals surface area contributed by atoms with E-state index in [1.807, 2.05) is 12.1 Å². The van der Waals surface area contributed by atoms with E-state index >= 15 is 0 Å². The third-order valence-electron chi connectivity index (χ3n) is 3.18. The fourth-order valence-corrected chi connectivity index (χ4v) is 2.85. The van der Waals surface area contributed by atoms with Gasteiger partial charge in [-0.3, -0.25) is 9.69 Å². The number of likely N-dealkylation sites (tertiary alicyclic amines) is 1. The Balaban J connectivity index is 2.00. The lowest BCUT2D eigenvalue weighted by Crippen LogP contribution is -2.30. The van der Waals surface area contributed by atoms with Crippen LogP contribution in [0.5, 0.6) is 0 Å². The molecule has 4 heteroatoms. The highest BCUT2D eigenvalue weighted by molar-refractivity contribution is 9.10. The second kappa shape index (κ2) is 5.65. The highest BCUT2D eigenvalue weighted by Gasteiger charge is 2.26. The first kappa shape index (κ1) is 12.6. The van der Waals surface area contributed by atoms with E-state index in [1.54, 1.807) is 0 Å². The van der Waals surface area contributed by atoms with Crippen molar-refractivity contribution in [3.05, 3.63) is 34.3 Å². The van der Waals surface area contributed by atoms with Crippen LogP contribution in [0.1, 0.15) is 24.8 Å². The number of carboxylic acid groups (broad SMARTS) is 1. The van der Waals surface area contributed by atoms with Crippen LogP contribution in [0.15, 0.2) is 28.7 Å². The van der Waals surface area contributed by atoms with Gasteiger partial charge in [-0.05, 0) is 37.1 Å². The average Bonchev–Trinajstić information content (AvgIpc) is 2.65. The second-order valence-corrected chi connectivity index (χ2v) is 5.41. The molecule has 0 aromatic heterocycles. The largest absolute Gasteiger partial charge is 0.481 e. The molecule has 17 heavy (non-hydrogen) atoms. The molecule has 1 aliphatic rings. The van der Waals surface area contributed by atoms with Crippen molar-refractivity contribution in [2.24, 2.45) is 0 Å². The summed E-state index contributed by atoms with van der Waals surface area (Å²) >= 11 is 3.45. The molecule has 2 rings (SSSR count). The predicted octanol–water partition coefficient (Wildman–Crippen LogP) is 2.89. The van der Waals surface area contributed by atoms with Gasteiger partial charge in [0, 0.05) is 17.1 Å². The van der Waals surface area contributed by atoms with Gasteiger partial charge in [0.2, 0.25) is 0 Å². The van der Waals surface area contributed by atoms with E-state index in [0.29, 0.717) is 0 Å². The summed E-state index contributed by atoms with van der Waals surface area (Å²) in [5, 5.41) is 8.87. The Bertz CT molecular complexity index is 408. The molecule has 1 unspecified atom stereocenters. The molecule has 0 saturated carbocycles. The zero-order valence-electron chi connectivity index (χ0n) is 9.60. The van der Waals surface area contributed by atoms with E-state index in [4.69, 9.17) is 5.11 Å². The number of halogens is 1. The molecule has 1 heterocycles. The van der Waals surface area contributed by atoms with Crippen molar-refractivity contribution >= 4 is 21.9 Å². The summed E-state index contributed by atoms with van der Waals surface area (Å²) in [7, 11) is 0. The molecule has 3 nitrogen and oxygen atoms in total. The number of hydrogen-bond acceptors (Lipinski definition) is 2. The molecule has 1 aliphatic heterocycles. The number of rotatable bonds is 4. The van der Waals surface area contributed by atoms with Crippen LogP contribution in [0, 0.1) is 0 Å². The molecule has 1 N–H and O–H groups in total. The third kappa shape index (κ3) is 3.54. The Morgan fingerprint density at radius 1 is 1.53 bits per heavy atom. The Kier molecular flexibility index (Phi) is 4.18. The van der Waals surface area contributed by atoms with E-state index in [1.165, 1.54) is 5.56 Å². The molecular formula is C13H16BrNO2. The zero-order chi connectivity index (χ0) is 12.3. The Labute approximate surface area is 110 Å². The molecule has 1 aromatic rings. The maximum atomic E-state index is 10.8. The van der Waals surface area contributed by atoms with Gasteiger partial charge in [-0.25, -0.2) is 0 Å². The number of benzene rings is 1. The van der Waals surface area contributed by atoms with Gasteiger partial charge in [0.05, 0.1) is 6.42 Å². The van der Waals surface area contributed by atoms with Crippen LogP contribution in [0.3, 0.4) is 0 Å². The highest BCUT2D eigenvalue weighted by Crippen LogP contribution is 2.23. The third-order valence-corrected chi connectivity index (χ3v) is 3.68. The molecule has 1 aromatic carbocycles. The van der Waals surface area contributed by atoms with Gasteiger partial charge in [-0.2, -0.15) is 0 Å². The molecule has 1 atom stereocenters. The van der Waals surface area contributed by atoms with Gasteiger partial charge in [-0.1, -0.05) is 28.1 Å². The Morgan fingerprint density at radius 3 is 3.06 bits per heavy atom. The monoisotopic (exact) mass is 297 g/mol. The molecule has 0 aliphatic carbocycles. The lowest BCUT2D eigenvalue weighted by atomic mass is 10.1. The van der Waals surface area contributed by atoms with Crippen molar-refractivity contribution < 1.29 is 9.90 Å². The lowest BCUT2D eigenvalue weighted by Gasteiger charge is -2.23.